The summed E-state index contributed by atoms with van der Waals surface area (Å²) >= 11 is 0. The Morgan fingerprint density at radius 2 is 1.52 bits per heavy atom. The second-order valence-electron chi connectivity index (χ2n) is 11.3. The lowest BCUT2D eigenvalue weighted by molar-refractivity contribution is -0.134. The van der Waals surface area contributed by atoms with Crippen LogP contribution in [-0.4, -0.2) is 56.2 Å². The number of halogens is 5. The third-order valence-corrected chi connectivity index (χ3v) is 9.62. The smallest absolute Gasteiger partial charge is 0.389 e. The molecule has 0 heterocycles. The second-order valence-corrected chi connectivity index (χ2v) is 13.6. The summed E-state index contributed by atoms with van der Waals surface area (Å²) in [5.74, 6) is -2.01. The molecule has 0 saturated carbocycles. The van der Waals surface area contributed by atoms with Crippen LogP contribution in [0.3, 0.4) is 0 Å². The molecule has 3 rings (SSSR count). The van der Waals surface area contributed by atoms with Crippen LogP contribution in [-0.2, 0) is 16.3 Å². The number of benzene rings is 2. The summed E-state index contributed by atoms with van der Waals surface area (Å²) in [6.07, 6.45) is 2.43. The molecule has 0 unspecified atom stereocenters. The van der Waals surface area contributed by atoms with Gasteiger partial charge >= 0.3 is 6.18 Å². The zero-order valence-electron chi connectivity index (χ0n) is 24.3. The predicted molar refractivity (Wildman–Crippen MR) is 158 cm³/mol. The van der Waals surface area contributed by atoms with Crippen LogP contribution in [0.4, 0.5) is 22.0 Å². The van der Waals surface area contributed by atoms with E-state index in [9.17, 15) is 35.5 Å². The van der Waals surface area contributed by atoms with Crippen molar-refractivity contribution >= 4 is 21.0 Å². The van der Waals surface area contributed by atoms with Gasteiger partial charge in [0.05, 0.1) is 11.5 Å². The fourth-order valence-corrected chi connectivity index (χ4v) is 7.02. The Kier molecular flexibility index (Phi) is 12.8. The van der Waals surface area contributed by atoms with Crippen molar-refractivity contribution in [3.8, 4) is 5.75 Å². The molecular formula is C32H42F5NO3S. The minimum absolute atomic E-state index is 0.0795. The van der Waals surface area contributed by atoms with Crippen molar-refractivity contribution in [3.63, 3.8) is 0 Å². The van der Waals surface area contributed by atoms with Gasteiger partial charge in [0.15, 0.2) is 11.6 Å². The van der Waals surface area contributed by atoms with Crippen LogP contribution >= 0.6 is 0 Å². The Morgan fingerprint density at radius 3 is 2.24 bits per heavy atom. The zero-order chi connectivity index (χ0) is 30.8. The van der Waals surface area contributed by atoms with Crippen LogP contribution in [0.1, 0.15) is 87.3 Å². The minimum Gasteiger partial charge on any atom is -0.508 e. The fraction of sp³-hybridized carbons (Fsp3) is 0.562. The zero-order valence-corrected chi connectivity index (χ0v) is 25.1. The number of sulfone groups is 1. The molecule has 0 radical (unpaired) electrons. The summed E-state index contributed by atoms with van der Waals surface area (Å²) in [4.78, 5) is 2.15. The van der Waals surface area contributed by atoms with E-state index in [0.717, 1.165) is 86.7 Å². The maximum absolute atomic E-state index is 14.1. The van der Waals surface area contributed by atoms with Gasteiger partial charge in [0.2, 0.25) is 0 Å². The second kappa shape index (κ2) is 15.8. The Bertz CT molecular complexity index is 1310. The van der Waals surface area contributed by atoms with E-state index in [1.165, 1.54) is 12.1 Å². The molecule has 0 saturated heterocycles. The maximum Gasteiger partial charge on any atom is 0.389 e. The molecule has 2 aromatic rings. The van der Waals surface area contributed by atoms with E-state index < -0.39 is 39.8 Å². The molecule has 234 valence electrons. The summed E-state index contributed by atoms with van der Waals surface area (Å²) < 4.78 is 88.3. The van der Waals surface area contributed by atoms with E-state index in [4.69, 9.17) is 0 Å². The van der Waals surface area contributed by atoms with Crippen LogP contribution in [0.15, 0.2) is 36.4 Å². The number of fused-ring (bicyclic) bond motifs is 1. The molecule has 1 N–H and O–H groups in total. The number of rotatable bonds is 16. The number of hydrogen-bond donors (Lipinski definition) is 1. The van der Waals surface area contributed by atoms with Gasteiger partial charge in [-0.1, -0.05) is 25.0 Å². The van der Waals surface area contributed by atoms with Gasteiger partial charge in [-0.15, -0.1) is 0 Å². The van der Waals surface area contributed by atoms with Gasteiger partial charge in [-0.25, -0.2) is 17.2 Å². The average molecular weight is 616 g/mol. The van der Waals surface area contributed by atoms with Crippen LogP contribution in [0, 0.1) is 11.6 Å². The van der Waals surface area contributed by atoms with Gasteiger partial charge < -0.3 is 10.0 Å². The summed E-state index contributed by atoms with van der Waals surface area (Å²) in [5, 5.41) is 10.0. The largest absolute Gasteiger partial charge is 0.508 e. The van der Waals surface area contributed by atoms with Crippen LogP contribution < -0.4 is 0 Å². The van der Waals surface area contributed by atoms with E-state index in [1.54, 1.807) is 18.2 Å². The van der Waals surface area contributed by atoms with Crippen molar-refractivity contribution < 1.29 is 35.5 Å². The first kappa shape index (κ1) is 34.0. The topological polar surface area (TPSA) is 57.6 Å². The van der Waals surface area contributed by atoms with Gasteiger partial charge in [-0.2, -0.15) is 13.2 Å². The van der Waals surface area contributed by atoms with Gasteiger partial charge in [-0.05, 0) is 130 Å². The highest BCUT2D eigenvalue weighted by atomic mass is 32.2. The van der Waals surface area contributed by atoms with Crippen molar-refractivity contribution in [2.45, 2.75) is 83.2 Å². The van der Waals surface area contributed by atoms with Gasteiger partial charge in [0.25, 0.3) is 0 Å². The fourth-order valence-electron chi connectivity index (χ4n) is 5.59. The molecule has 1 aliphatic rings. The summed E-state index contributed by atoms with van der Waals surface area (Å²) in [5.41, 5.74) is 4.98. The van der Waals surface area contributed by atoms with Gasteiger partial charge in [0, 0.05) is 6.42 Å². The summed E-state index contributed by atoms with van der Waals surface area (Å²) in [7, 11) is -1.48. The van der Waals surface area contributed by atoms with Crippen molar-refractivity contribution in [1.82, 2.24) is 4.90 Å². The third kappa shape index (κ3) is 11.3. The Labute approximate surface area is 246 Å². The maximum atomic E-state index is 14.1. The van der Waals surface area contributed by atoms with E-state index in [0.29, 0.717) is 18.4 Å². The molecule has 0 aromatic heterocycles. The van der Waals surface area contributed by atoms with Crippen molar-refractivity contribution in [2.24, 2.45) is 0 Å². The van der Waals surface area contributed by atoms with E-state index in [2.05, 4.69) is 4.90 Å². The molecule has 2 aromatic carbocycles. The molecule has 4 nitrogen and oxygen atoms in total. The quantitative estimate of drug-likeness (QED) is 0.152. The number of nitrogens with zero attached hydrogens (tertiary/aromatic N) is 1. The van der Waals surface area contributed by atoms with Gasteiger partial charge in [0.1, 0.15) is 15.6 Å². The number of phenols is 1. The lowest BCUT2D eigenvalue weighted by Gasteiger charge is -2.18. The Morgan fingerprint density at radius 1 is 0.833 bits per heavy atom. The number of aromatic hydroxyl groups is 1. The molecular weight excluding hydrogens is 573 g/mol. The lowest BCUT2D eigenvalue weighted by Crippen LogP contribution is -2.22. The lowest BCUT2D eigenvalue weighted by atomic mass is 9.89. The minimum atomic E-state index is -4.32. The number of allylic oxidation sites excluding steroid dienone is 2. The van der Waals surface area contributed by atoms with E-state index in [1.807, 2.05) is 13.1 Å². The first-order valence-corrected chi connectivity index (χ1v) is 16.6. The molecule has 0 amide bonds. The van der Waals surface area contributed by atoms with E-state index >= 15 is 0 Å². The van der Waals surface area contributed by atoms with Gasteiger partial charge in [-0.3, -0.25) is 0 Å². The SMILES string of the molecule is CN(CCCCCCC1=C(c2ccc(F)c(F)c2)CCCc2cc(O)ccc21)CCCCS(=O)(=O)CCCC(F)(F)F. The normalized spacial score (nSPS) is 14.4. The van der Waals surface area contributed by atoms with Crippen molar-refractivity contribution in [1.29, 1.82) is 0 Å². The Hall–Kier alpha value is -2.46. The summed E-state index contributed by atoms with van der Waals surface area (Å²) in [6, 6.07) is 9.47. The van der Waals surface area contributed by atoms with Crippen LogP contribution in [0.5, 0.6) is 5.75 Å². The first-order chi connectivity index (χ1) is 19.8. The molecule has 42 heavy (non-hydrogen) atoms. The molecule has 10 heteroatoms. The number of hydrogen-bond acceptors (Lipinski definition) is 4. The monoisotopic (exact) mass is 615 g/mol. The summed E-state index contributed by atoms with van der Waals surface area (Å²) in [6.45, 7) is 1.59. The average Bonchev–Trinajstić information content (AvgIpc) is 3.08. The Balaban J connectivity index is 1.45. The highest BCUT2D eigenvalue weighted by Gasteiger charge is 2.27. The van der Waals surface area contributed by atoms with Crippen molar-refractivity contribution in [2.75, 3.05) is 31.6 Å². The standard InChI is InChI=1S/C32H42F5NO3S/c1-38(19-6-7-20-42(40,41)21-9-17-32(35,36)37)18-5-3-2-4-11-29-27(25-13-16-30(33)31(34)23-25)12-8-10-24-22-26(39)14-15-28(24)29/h13-16,22-23,39H,2-12,17-21H2,1H3. The van der Waals surface area contributed by atoms with Crippen molar-refractivity contribution in [3.05, 3.63) is 64.7 Å². The molecule has 0 atom stereocenters. The number of unbranched alkanes of at least 4 members (excludes halogenated alkanes) is 4. The number of aryl methyl sites for hydroxylation is 1. The molecule has 0 bridgehead atoms. The van der Waals surface area contributed by atoms with Crippen LogP contribution in [0.2, 0.25) is 0 Å². The number of phenolic OH excluding ortho intramolecular Hbond substituents is 1. The first-order valence-electron chi connectivity index (χ1n) is 14.8. The molecule has 0 fully saturated rings. The molecule has 0 aliphatic heterocycles. The number of alkyl halides is 3. The molecule has 0 spiro atoms. The highest BCUT2D eigenvalue weighted by molar-refractivity contribution is 7.91. The molecule has 1 aliphatic carbocycles. The predicted octanol–water partition coefficient (Wildman–Crippen LogP) is 8.34. The van der Waals surface area contributed by atoms with E-state index in [-0.39, 0.29) is 17.9 Å². The van der Waals surface area contributed by atoms with Crippen LogP contribution in [0.25, 0.3) is 11.1 Å². The highest BCUT2D eigenvalue weighted by Crippen LogP contribution is 2.40. The third-order valence-electron chi connectivity index (χ3n) is 7.80.